The van der Waals surface area contributed by atoms with Crippen molar-refractivity contribution in [2.45, 2.75) is 59.8 Å². The Hall–Kier alpha value is -1.19. The number of aliphatic hydroxyl groups excluding tert-OH is 1. The number of allylic oxidation sites excluding steroid dienone is 3. The molecule has 0 aliphatic heterocycles. The maximum Gasteiger partial charge on any atom is 0.0984 e. The van der Waals surface area contributed by atoms with E-state index in [1.54, 1.807) is 13.0 Å². The molecule has 0 bridgehead atoms. The summed E-state index contributed by atoms with van der Waals surface area (Å²) in [5.74, 6) is 0.226. The zero-order valence-corrected chi connectivity index (χ0v) is 17.1. The van der Waals surface area contributed by atoms with Crippen LogP contribution in [0.5, 0.6) is 0 Å². The zero-order chi connectivity index (χ0) is 18.9. The second-order valence-corrected chi connectivity index (χ2v) is 6.90. The van der Waals surface area contributed by atoms with E-state index in [2.05, 4.69) is 50.9 Å². The number of unbranched alkanes of at least 4 members (excludes halogenated alkanes) is 1. The Morgan fingerprint density at radius 2 is 1.83 bits per heavy atom. The summed E-state index contributed by atoms with van der Waals surface area (Å²) in [7, 11) is 0. The van der Waals surface area contributed by atoms with Crippen molar-refractivity contribution in [1.29, 1.82) is 0 Å². The highest BCUT2D eigenvalue weighted by atomic mass is 35.5. The summed E-state index contributed by atoms with van der Waals surface area (Å²) in [4.78, 5) is 0. The first-order chi connectivity index (χ1) is 11.2. The van der Waals surface area contributed by atoms with Crippen LogP contribution in [0.3, 0.4) is 0 Å². The van der Waals surface area contributed by atoms with Gasteiger partial charge in [0.05, 0.1) is 23.4 Å². The fourth-order valence-corrected chi connectivity index (χ4v) is 2.90. The standard InChI is InChI=1S/C20H35ClN2O/c1-9-12-13-22(11-3)23(14-20(15(4)5)16(6)21)17(7)19(10-2)18(8)24/h10,16,24H,2,7,9,11-14H2,1,3-6,8H3/b19-18+. The molecule has 0 aliphatic rings. The minimum Gasteiger partial charge on any atom is -0.512 e. The summed E-state index contributed by atoms with van der Waals surface area (Å²) < 4.78 is 0. The topological polar surface area (TPSA) is 26.7 Å². The molecule has 1 unspecified atom stereocenters. The lowest BCUT2D eigenvalue weighted by Gasteiger charge is -2.39. The Bertz CT molecular complexity index is 484. The molecule has 24 heavy (non-hydrogen) atoms. The van der Waals surface area contributed by atoms with Crippen LogP contribution >= 0.6 is 11.6 Å². The summed E-state index contributed by atoms with van der Waals surface area (Å²) in [6, 6.07) is 0. The van der Waals surface area contributed by atoms with Gasteiger partial charge in [0.1, 0.15) is 0 Å². The van der Waals surface area contributed by atoms with Crippen LogP contribution in [0.15, 0.2) is 47.4 Å². The number of hydrogen-bond donors (Lipinski definition) is 1. The molecule has 0 heterocycles. The van der Waals surface area contributed by atoms with Crippen LogP contribution < -0.4 is 0 Å². The molecule has 0 fully saturated rings. The molecule has 0 saturated heterocycles. The molecule has 138 valence electrons. The minimum atomic E-state index is -0.0541. The van der Waals surface area contributed by atoms with Crippen molar-refractivity contribution in [3.05, 3.63) is 47.4 Å². The Balaban J connectivity index is 5.83. The first kappa shape index (κ1) is 22.8. The second-order valence-electron chi connectivity index (χ2n) is 6.25. The molecule has 4 heteroatoms. The van der Waals surface area contributed by atoms with Gasteiger partial charge in [-0.1, -0.05) is 45.1 Å². The monoisotopic (exact) mass is 354 g/mol. The van der Waals surface area contributed by atoms with Gasteiger partial charge in [-0.05, 0) is 39.7 Å². The number of hydrazine groups is 1. The number of alkyl halides is 1. The van der Waals surface area contributed by atoms with Crippen LogP contribution in [0.2, 0.25) is 0 Å². The maximum absolute atomic E-state index is 9.98. The van der Waals surface area contributed by atoms with E-state index in [1.807, 2.05) is 6.92 Å². The van der Waals surface area contributed by atoms with Gasteiger partial charge in [0.15, 0.2) is 0 Å². The van der Waals surface area contributed by atoms with Crippen molar-refractivity contribution < 1.29 is 5.11 Å². The molecule has 1 atom stereocenters. The maximum atomic E-state index is 9.98. The fourth-order valence-electron chi connectivity index (χ4n) is 2.61. The van der Waals surface area contributed by atoms with Crippen LogP contribution in [0, 0.1) is 0 Å². The Morgan fingerprint density at radius 1 is 1.25 bits per heavy atom. The Morgan fingerprint density at radius 3 is 2.17 bits per heavy atom. The molecule has 0 saturated carbocycles. The van der Waals surface area contributed by atoms with Crippen molar-refractivity contribution in [3.63, 3.8) is 0 Å². The highest BCUT2D eigenvalue weighted by Crippen LogP contribution is 2.24. The average Bonchev–Trinajstić information content (AvgIpc) is 2.49. The molecule has 0 rings (SSSR count). The van der Waals surface area contributed by atoms with Gasteiger partial charge in [-0.3, -0.25) is 0 Å². The van der Waals surface area contributed by atoms with Gasteiger partial charge >= 0.3 is 0 Å². The van der Waals surface area contributed by atoms with Gasteiger partial charge in [-0.25, -0.2) is 5.01 Å². The van der Waals surface area contributed by atoms with Crippen molar-refractivity contribution in [3.8, 4) is 0 Å². The van der Waals surface area contributed by atoms with Crippen LogP contribution in [0.25, 0.3) is 0 Å². The molecule has 0 aromatic heterocycles. The van der Waals surface area contributed by atoms with Crippen molar-refractivity contribution >= 4 is 11.6 Å². The molecule has 0 aromatic rings. The lowest BCUT2D eigenvalue weighted by Crippen LogP contribution is -2.44. The number of halogens is 1. The fraction of sp³-hybridized carbons (Fsp3) is 0.600. The van der Waals surface area contributed by atoms with Crippen molar-refractivity contribution in [2.75, 3.05) is 19.6 Å². The van der Waals surface area contributed by atoms with E-state index in [9.17, 15) is 5.11 Å². The van der Waals surface area contributed by atoms with Gasteiger partial charge in [0.25, 0.3) is 0 Å². The molecule has 0 amide bonds. The summed E-state index contributed by atoms with van der Waals surface area (Å²) in [6.45, 7) is 22.6. The summed E-state index contributed by atoms with van der Waals surface area (Å²) in [5, 5.41) is 14.3. The Labute approximate surface area is 154 Å². The SMILES string of the molecule is C=C/C(C(=C)N(CC(=C(C)C)C(C)Cl)N(CC)CCCC)=C(/C)O. The predicted molar refractivity (Wildman–Crippen MR) is 107 cm³/mol. The van der Waals surface area contributed by atoms with Gasteiger partial charge < -0.3 is 10.1 Å². The van der Waals surface area contributed by atoms with E-state index in [-0.39, 0.29) is 11.1 Å². The minimum absolute atomic E-state index is 0.0541. The molecule has 0 radical (unpaired) electrons. The third kappa shape index (κ3) is 6.74. The average molecular weight is 355 g/mol. The summed E-state index contributed by atoms with van der Waals surface area (Å²) in [5.41, 5.74) is 3.80. The molecule has 1 N–H and O–H groups in total. The quantitative estimate of drug-likeness (QED) is 0.166. The highest BCUT2D eigenvalue weighted by Gasteiger charge is 2.22. The number of aliphatic hydroxyl groups is 1. The van der Waals surface area contributed by atoms with E-state index in [1.165, 1.54) is 11.1 Å². The lowest BCUT2D eigenvalue weighted by molar-refractivity contribution is 0.0228. The van der Waals surface area contributed by atoms with E-state index >= 15 is 0 Å². The molecule has 0 aromatic carbocycles. The second kappa shape index (κ2) is 11.4. The molecular formula is C20H35ClN2O. The third-order valence-corrected chi connectivity index (χ3v) is 4.40. The molecule has 3 nitrogen and oxygen atoms in total. The summed E-state index contributed by atoms with van der Waals surface area (Å²) >= 11 is 6.40. The van der Waals surface area contributed by atoms with Crippen LogP contribution in [0.4, 0.5) is 0 Å². The largest absolute Gasteiger partial charge is 0.512 e. The smallest absolute Gasteiger partial charge is 0.0984 e. The highest BCUT2D eigenvalue weighted by molar-refractivity contribution is 6.22. The van der Waals surface area contributed by atoms with Gasteiger partial charge in [0.2, 0.25) is 0 Å². The summed E-state index contributed by atoms with van der Waals surface area (Å²) in [6.07, 6.45) is 3.88. The molecule has 0 aliphatic carbocycles. The normalized spacial score (nSPS) is 13.3. The van der Waals surface area contributed by atoms with Crippen molar-refractivity contribution in [2.24, 2.45) is 0 Å². The van der Waals surface area contributed by atoms with Crippen LogP contribution in [0.1, 0.15) is 54.4 Å². The number of nitrogens with zero attached hydrogens (tertiary/aromatic N) is 2. The first-order valence-corrected chi connectivity index (χ1v) is 9.18. The third-order valence-electron chi connectivity index (χ3n) is 4.14. The van der Waals surface area contributed by atoms with Crippen molar-refractivity contribution in [1.82, 2.24) is 10.0 Å². The van der Waals surface area contributed by atoms with Gasteiger partial charge in [0, 0.05) is 18.7 Å². The molecular weight excluding hydrogens is 320 g/mol. The zero-order valence-electron chi connectivity index (χ0n) is 16.3. The van der Waals surface area contributed by atoms with Gasteiger partial charge in [-0.15, -0.1) is 11.6 Å². The lowest BCUT2D eigenvalue weighted by atomic mass is 10.1. The van der Waals surface area contributed by atoms with E-state index in [4.69, 9.17) is 11.6 Å². The Kier molecular flexibility index (Phi) is 10.8. The van der Waals surface area contributed by atoms with E-state index < -0.39 is 0 Å². The number of hydrogen-bond acceptors (Lipinski definition) is 3. The van der Waals surface area contributed by atoms with Crippen LogP contribution in [-0.4, -0.2) is 40.1 Å². The van der Waals surface area contributed by atoms with E-state index in [0.717, 1.165) is 31.6 Å². The molecule has 0 spiro atoms. The number of rotatable bonds is 11. The van der Waals surface area contributed by atoms with Gasteiger partial charge in [-0.2, -0.15) is 0 Å². The first-order valence-electron chi connectivity index (χ1n) is 8.75. The van der Waals surface area contributed by atoms with Crippen LogP contribution in [-0.2, 0) is 0 Å². The van der Waals surface area contributed by atoms with E-state index in [0.29, 0.717) is 12.1 Å². The predicted octanol–water partition coefficient (Wildman–Crippen LogP) is 5.82.